The predicted molar refractivity (Wildman–Crippen MR) is 82.8 cm³/mol. The van der Waals surface area contributed by atoms with Crippen molar-refractivity contribution in [1.82, 2.24) is 0 Å². The van der Waals surface area contributed by atoms with Crippen LogP contribution in [0.25, 0.3) is 0 Å². The summed E-state index contributed by atoms with van der Waals surface area (Å²) in [5, 5.41) is 12.5. The Morgan fingerprint density at radius 2 is 2.10 bits per heavy atom. The lowest BCUT2D eigenvalue weighted by molar-refractivity contribution is 0.1000. The molecule has 21 heavy (non-hydrogen) atoms. The van der Waals surface area contributed by atoms with Gasteiger partial charge in [0.25, 0.3) is 0 Å². The zero-order valence-electron chi connectivity index (χ0n) is 11.3. The first kappa shape index (κ1) is 15.3. The summed E-state index contributed by atoms with van der Waals surface area (Å²) >= 11 is 3.23. The van der Waals surface area contributed by atoms with Gasteiger partial charge in [0.15, 0.2) is 0 Å². The molecular weight excluding hydrogens is 339 g/mol. The molecule has 110 valence electrons. The number of primary amides is 1. The van der Waals surface area contributed by atoms with Crippen LogP contribution in [0.5, 0.6) is 5.75 Å². The van der Waals surface area contributed by atoms with Gasteiger partial charge in [-0.15, -0.1) is 0 Å². The van der Waals surface area contributed by atoms with Crippen LogP contribution in [0.15, 0.2) is 34.8 Å². The molecule has 0 aliphatic carbocycles. The highest BCUT2D eigenvalue weighted by molar-refractivity contribution is 9.10. The Balaban J connectivity index is 2.23. The Hall–Kier alpha value is -2.08. The molecule has 2 rings (SSSR count). The van der Waals surface area contributed by atoms with E-state index in [4.69, 9.17) is 5.73 Å². The standard InChI is InChI=1S/C15H14BrFN2O2/c1-8-12(17)5-10(15(18)21)6-13(8)19-7-9-2-3-14(20)11(16)4-9/h2-6,19-20H,7H2,1H3,(H2,18,21). The minimum absolute atomic E-state index is 0.118. The molecule has 0 saturated heterocycles. The van der Waals surface area contributed by atoms with Crippen LogP contribution < -0.4 is 11.1 Å². The third kappa shape index (κ3) is 3.52. The number of phenolic OH excluding ortho intramolecular Hbond substituents is 1. The molecule has 1 amide bonds. The second-order valence-electron chi connectivity index (χ2n) is 4.63. The summed E-state index contributed by atoms with van der Waals surface area (Å²) in [4.78, 5) is 11.2. The number of rotatable bonds is 4. The number of hydrogen-bond donors (Lipinski definition) is 3. The van der Waals surface area contributed by atoms with E-state index in [2.05, 4.69) is 21.2 Å². The molecule has 4 nitrogen and oxygen atoms in total. The van der Waals surface area contributed by atoms with Gasteiger partial charge < -0.3 is 16.2 Å². The van der Waals surface area contributed by atoms with Crippen molar-refractivity contribution in [2.45, 2.75) is 13.5 Å². The van der Waals surface area contributed by atoms with Crippen molar-refractivity contribution < 1.29 is 14.3 Å². The van der Waals surface area contributed by atoms with Crippen LogP contribution in [0.2, 0.25) is 0 Å². The van der Waals surface area contributed by atoms with Gasteiger partial charge in [0.05, 0.1) is 4.47 Å². The van der Waals surface area contributed by atoms with Crippen LogP contribution in [0.1, 0.15) is 21.5 Å². The van der Waals surface area contributed by atoms with Crippen molar-refractivity contribution in [3.8, 4) is 5.75 Å². The fourth-order valence-electron chi connectivity index (χ4n) is 1.86. The number of anilines is 1. The van der Waals surface area contributed by atoms with Crippen LogP contribution in [-0.4, -0.2) is 11.0 Å². The van der Waals surface area contributed by atoms with Gasteiger partial charge in [0.1, 0.15) is 11.6 Å². The fourth-order valence-corrected chi connectivity index (χ4v) is 2.29. The Morgan fingerprint density at radius 3 is 2.71 bits per heavy atom. The van der Waals surface area contributed by atoms with Gasteiger partial charge in [-0.05, 0) is 52.7 Å². The lowest BCUT2D eigenvalue weighted by Crippen LogP contribution is -2.13. The molecule has 0 atom stereocenters. The topological polar surface area (TPSA) is 75.4 Å². The summed E-state index contributed by atoms with van der Waals surface area (Å²) < 4.78 is 14.3. The van der Waals surface area contributed by atoms with E-state index < -0.39 is 11.7 Å². The molecule has 0 spiro atoms. The summed E-state index contributed by atoms with van der Waals surface area (Å²) in [6, 6.07) is 7.72. The van der Waals surface area contributed by atoms with Gasteiger partial charge >= 0.3 is 0 Å². The van der Waals surface area contributed by atoms with E-state index in [1.54, 1.807) is 25.1 Å². The zero-order valence-corrected chi connectivity index (χ0v) is 12.9. The molecule has 0 aromatic heterocycles. The second kappa shape index (κ2) is 6.13. The molecule has 0 unspecified atom stereocenters. The van der Waals surface area contributed by atoms with Gasteiger partial charge in [-0.3, -0.25) is 4.79 Å². The van der Waals surface area contributed by atoms with Gasteiger partial charge in [-0.1, -0.05) is 6.07 Å². The number of amides is 1. The molecule has 2 aromatic rings. The highest BCUT2D eigenvalue weighted by Gasteiger charge is 2.10. The number of nitrogens with two attached hydrogens (primary N) is 1. The average molecular weight is 353 g/mol. The van der Waals surface area contributed by atoms with Crippen molar-refractivity contribution in [2.75, 3.05) is 5.32 Å². The first-order valence-electron chi connectivity index (χ1n) is 6.19. The number of benzene rings is 2. The summed E-state index contributed by atoms with van der Waals surface area (Å²) in [5.41, 5.74) is 7.11. The Morgan fingerprint density at radius 1 is 1.38 bits per heavy atom. The Labute approximate surface area is 129 Å². The molecule has 0 fully saturated rings. The van der Waals surface area contributed by atoms with Gasteiger partial charge in [0.2, 0.25) is 5.91 Å². The summed E-state index contributed by atoms with van der Waals surface area (Å²) in [6.07, 6.45) is 0. The van der Waals surface area contributed by atoms with Crippen LogP contribution >= 0.6 is 15.9 Å². The van der Waals surface area contributed by atoms with Gasteiger partial charge in [0, 0.05) is 23.4 Å². The lowest BCUT2D eigenvalue weighted by Gasteiger charge is -2.12. The molecule has 0 heterocycles. The monoisotopic (exact) mass is 352 g/mol. The number of nitrogens with one attached hydrogen (secondary N) is 1. The summed E-state index contributed by atoms with van der Waals surface area (Å²) in [5.74, 6) is -1.01. The number of phenols is 1. The maximum Gasteiger partial charge on any atom is 0.248 e. The van der Waals surface area contributed by atoms with E-state index in [9.17, 15) is 14.3 Å². The molecular formula is C15H14BrFN2O2. The highest BCUT2D eigenvalue weighted by atomic mass is 79.9. The van der Waals surface area contributed by atoms with E-state index in [-0.39, 0.29) is 11.3 Å². The van der Waals surface area contributed by atoms with Crippen LogP contribution in [0.3, 0.4) is 0 Å². The Bertz CT molecular complexity index is 704. The summed E-state index contributed by atoms with van der Waals surface area (Å²) in [7, 11) is 0. The first-order chi connectivity index (χ1) is 9.88. The molecule has 4 N–H and O–H groups in total. The lowest BCUT2D eigenvalue weighted by atomic mass is 10.1. The quantitative estimate of drug-likeness (QED) is 0.789. The normalized spacial score (nSPS) is 10.4. The van der Waals surface area contributed by atoms with Gasteiger partial charge in [-0.25, -0.2) is 4.39 Å². The fraction of sp³-hybridized carbons (Fsp3) is 0.133. The smallest absolute Gasteiger partial charge is 0.248 e. The molecule has 0 aliphatic rings. The van der Waals surface area contributed by atoms with Crippen molar-refractivity contribution in [3.63, 3.8) is 0 Å². The van der Waals surface area contributed by atoms with Crippen molar-refractivity contribution >= 4 is 27.5 Å². The third-order valence-electron chi connectivity index (χ3n) is 3.12. The van der Waals surface area contributed by atoms with Crippen LogP contribution in [0, 0.1) is 12.7 Å². The average Bonchev–Trinajstić information content (AvgIpc) is 2.43. The highest BCUT2D eigenvalue weighted by Crippen LogP contribution is 2.26. The summed E-state index contributed by atoms with van der Waals surface area (Å²) in [6.45, 7) is 2.04. The van der Waals surface area contributed by atoms with Crippen LogP contribution in [-0.2, 0) is 6.54 Å². The van der Waals surface area contributed by atoms with E-state index in [0.717, 1.165) is 11.6 Å². The maximum absolute atomic E-state index is 13.8. The molecule has 2 aromatic carbocycles. The largest absolute Gasteiger partial charge is 0.507 e. The Kier molecular flexibility index (Phi) is 4.47. The number of carbonyl (C=O) groups is 1. The number of halogens is 2. The predicted octanol–water partition coefficient (Wildman–Crippen LogP) is 3.31. The molecule has 6 heteroatoms. The number of aromatic hydroxyl groups is 1. The molecule has 0 radical (unpaired) electrons. The number of carbonyl (C=O) groups excluding carboxylic acids is 1. The van der Waals surface area contributed by atoms with E-state index >= 15 is 0 Å². The second-order valence-corrected chi connectivity index (χ2v) is 5.49. The molecule has 0 aliphatic heterocycles. The molecule has 0 saturated carbocycles. The SMILES string of the molecule is Cc1c(F)cc(C(N)=O)cc1NCc1ccc(O)c(Br)c1. The first-order valence-corrected chi connectivity index (χ1v) is 6.99. The van der Waals surface area contributed by atoms with Crippen molar-refractivity contribution in [2.24, 2.45) is 5.73 Å². The van der Waals surface area contributed by atoms with Crippen molar-refractivity contribution in [1.29, 1.82) is 0 Å². The van der Waals surface area contributed by atoms with E-state index in [1.807, 2.05) is 0 Å². The number of hydrogen-bond acceptors (Lipinski definition) is 3. The molecule has 0 bridgehead atoms. The maximum atomic E-state index is 13.8. The van der Waals surface area contributed by atoms with E-state index in [1.165, 1.54) is 6.07 Å². The zero-order chi connectivity index (χ0) is 15.6. The van der Waals surface area contributed by atoms with Crippen LogP contribution in [0.4, 0.5) is 10.1 Å². The third-order valence-corrected chi connectivity index (χ3v) is 3.76. The minimum Gasteiger partial charge on any atom is -0.507 e. The van der Waals surface area contributed by atoms with Gasteiger partial charge in [-0.2, -0.15) is 0 Å². The van der Waals surface area contributed by atoms with E-state index in [0.29, 0.717) is 22.3 Å². The minimum atomic E-state index is -0.677. The van der Waals surface area contributed by atoms with Crippen molar-refractivity contribution in [3.05, 3.63) is 57.3 Å².